The van der Waals surface area contributed by atoms with E-state index in [0.29, 0.717) is 22.9 Å². The van der Waals surface area contributed by atoms with Crippen molar-refractivity contribution in [3.8, 4) is 11.4 Å². The second kappa shape index (κ2) is 4.99. The van der Waals surface area contributed by atoms with Crippen LogP contribution in [0.2, 0.25) is 0 Å². The molecule has 1 unspecified atom stereocenters. The number of rotatable bonds is 2. The quantitative estimate of drug-likeness (QED) is 0.689. The van der Waals surface area contributed by atoms with Crippen molar-refractivity contribution in [3.63, 3.8) is 0 Å². The molecule has 0 aromatic carbocycles. The molecular formula is C14H14FN7. The van der Waals surface area contributed by atoms with Crippen molar-refractivity contribution >= 4 is 16.9 Å². The van der Waals surface area contributed by atoms with Gasteiger partial charge in [-0.05, 0) is 25.1 Å². The Kier molecular flexibility index (Phi) is 2.97. The summed E-state index contributed by atoms with van der Waals surface area (Å²) < 4.78 is 14.8. The molecule has 7 nitrogen and oxygen atoms in total. The number of aromatic nitrogens is 5. The van der Waals surface area contributed by atoms with Crippen LogP contribution < -0.4 is 11.1 Å². The number of nitrogens with zero attached hydrogens (tertiary/aromatic N) is 5. The van der Waals surface area contributed by atoms with E-state index in [-0.39, 0.29) is 6.04 Å². The maximum atomic E-state index is 13.0. The topological polar surface area (TPSA) is 94.5 Å². The van der Waals surface area contributed by atoms with Gasteiger partial charge in [0.05, 0.1) is 17.6 Å². The third kappa shape index (κ3) is 2.08. The number of halogens is 1. The molecule has 0 spiro atoms. The van der Waals surface area contributed by atoms with Crippen molar-refractivity contribution in [1.82, 2.24) is 30.0 Å². The highest BCUT2D eigenvalue weighted by molar-refractivity contribution is 5.86. The molecule has 3 aromatic heterocycles. The maximum Gasteiger partial charge on any atom is 0.212 e. The van der Waals surface area contributed by atoms with Crippen molar-refractivity contribution in [2.45, 2.75) is 12.5 Å². The highest BCUT2D eigenvalue weighted by atomic mass is 19.1. The normalized spacial score (nSPS) is 18.1. The van der Waals surface area contributed by atoms with E-state index < -0.39 is 5.95 Å². The lowest BCUT2D eigenvalue weighted by atomic mass is 10.2. The third-order valence-electron chi connectivity index (χ3n) is 3.85. The summed E-state index contributed by atoms with van der Waals surface area (Å²) in [6.07, 6.45) is 4.08. The number of hydrogen-bond acceptors (Lipinski definition) is 6. The van der Waals surface area contributed by atoms with Gasteiger partial charge in [0, 0.05) is 18.3 Å². The Hall–Kier alpha value is -2.61. The minimum Gasteiger partial charge on any atom is -0.383 e. The zero-order chi connectivity index (χ0) is 15.1. The number of nitrogens with two attached hydrogens (primary N) is 1. The summed E-state index contributed by atoms with van der Waals surface area (Å²) in [5.41, 5.74) is 7.33. The Morgan fingerprint density at radius 1 is 1.27 bits per heavy atom. The van der Waals surface area contributed by atoms with Crippen molar-refractivity contribution in [1.29, 1.82) is 0 Å². The summed E-state index contributed by atoms with van der Waals surface area (Å²) >= 11 is 0. The molecule has 3 aromatic rings. The number of pyridine rings is 1. The Morgan fingerprint density at radius 3 is 2.91 bits per heavy atom. The van der Waals surface area contributed by atoms with E-state index in [9.17, 15) is 4.39 Å². The van der Waals surface area contributed by atoms with Gasteiger partial charge in [-0.3, -0.25) is 0 Å². The lowest BCUT2D eigenvalue weighted by molar-refractivity contribution is 0.503. The van der Waals surface area contributed by atoms with Gasteiger partial charge in [0.2, 0.25) is 5.95 Å². The molecule has 1 aliphatic heterocycles. The number of hydrogen-bond donors (Lipinski definition) is 2. The van der Waals surface area contributed by atoms with Gasteiger partial charge in [-0.1, -0.05) is 0 Å². The van der Waals surface area contributed by atoms with Crippen LogP contribution >= 0.6 is 0 Å². The minimum atomic E-state index is -0.542. The average molecular weight is 299 g/mol. The molecule has 3 N–H and O–H groups in total. The van der Waals surface area contributed by atoms with Gasteiger partial charge < -0.3 is 11.1 Å². The van der Waals surface area contributed by atoms with E-state index in [2.05, 4.69) is 25.4 Å². The fraction of sp³-hybridized carbons (Fsp3) is 0.286. The van der Waals surface area contributed by atoms with E-state index in [1.54, 1.807) is 12.3 Å². The zero-order valence-electron chi connectivity index (χ0n) is 11.7. The Labute approximate surface area is 125 Å². The molecule has 1 atom stereocenters. The number of nitrogens with one attached hydrogen (secondary N) is 1. The molecule has 1 aliphatic rings. The fourth-order valence-corrected chi connectivity index (χ4v) is 2.70. The minimum absolute atomic E-state index is 0.256. The SMILES string of the molecule is Nc1nc(-c2ccc(F)nc2)nc2c1cnn2C1CCNC1. The second-order valence-corrected chi connectivity index (χ2v) is 5.28. The van der Waals surface area contributed by atoms with Crippen LogP contribution in [0.1, 0.15) is 12.5 Å². The molecule has 4 heterocycles. The lowest BCUT2D eigenvalue weighted by Crippen LogP contribution is -2.15. The molecule has 0 amide bonds. The summed E-state index contributed by atoms with van der Waals surface area (Å²) in [5.74, 6) is 0.242. The van der Waals surface area contributed by atoms with Crippen LogP contribution in [0.15, 0.2) is 24.5 Å². The van der Waals surface area contributed by atoms with Crippen molar-refractivity contribution in [2.75, 3.05) is 18.8 Å². The molecule has 22 heavy (non-hydrogen) atoms. The summed E-state index contributed by atoms with van der Waals surface area (Å²) in [5, 5.41) is 8.44. The molecule has 8 heteroatoms. The molecule has 0 aliphatic carbocycles. The Balaban J connectivity index is 1.86. The van der Waals surface area contributed by atoms with Crippen LogP contribution in [-0.2, 0) is 0 Å². The molecule has 4 rings (SSSR count). The Bertz CT molecular complexity index is 821. The molecule has 0 radical (unpaired) electrons. The van der Waals surface area contributed by atoms with Crippen molar-refractivity contribution in [2.24, 2.45) is 0 Å². The van der Waals surface area contributed by atoms with Crippen LogP contribution in [0.5, 0.6) is 0 Å². The van der Waals surface area contributed by atoms with Gasteiger partial charge in [-0.25, -0.2) is 19.6 Å². The number of anilines is 1. The van der Waals surface area contributed by atoms with E-state index in [1.807, 2.05) is 4.68 Å². The van der Waals surface area contributed by atoms with Gasteiger partial charge in [-0.2, -0.15) is 9.49 Å². The van der Waals surface area contributed by atoms with E-state index in [1.165, 1.54) is 12.3 Å². The zero-order valence-corrected chi connectivity index (χ0v) is 11.7. The average Bonchev–Trinajstić information content (AvgIpc) is 3.16. The smallest absolute Gasteiger partial charge is 0.212 e. The monoisotopic (exact) mass is 299 g/mol. The summed E-state index contributed by atoms with van der Waals surface area (Å²) in [6.45, 7) is 1.81. The number of nitrogen functional groups attached to an aromatic ring is 1. The van der Waals surface area contributed by atoms with Crippen LogP contribution in [0.3, 0.4) is 0 Å². The van der Waals surface area contributed by atoms with E-state index in [4.69, 9.17) is 5.73 Å². The van der Waals surface area contributed by atoms with Crippen LogP contribution in [-0.4, -0.2) is 37.8 Å². The first-order valence-electron chi connectivity index (χ1n) is 7.06. The fourth-order valence-electron chi connectivity index (χ4n) is 2.70. The van der Waals surface area contributed by atoms with Crippen LogP contribution in [0, 0.1) is 5.95 Å². The molecule has 1 fully saturated rings. The third-order valence-corrected chi connectivity index (χ3v) is 3.85. The predicted octanol–water partition coefficient (Wildman–Crippen LogP) is 1.14. The summed E-state index contributed by atoms with van der Waals surface area (Å²) in [6, 6.07) is 3.11. The molecular weight excluding hydrogens is 285 g/mol. The van der Waals surface area contributed by atoms with Crippen molar-refractivity contribution < 1.29 is 4.39 Å². The lowest BCUT2D eigenvalue weighted by Gasteiger charge is -2.10. The van der Waals surface area contributed by atoms with E-state index in [0.717, 1.165) is 24.9 Å². The largest absolute Gasteiger partial charge is 0.383 e. The van der Waals surface area contributed by atoms with Gasteiger partial charge in [0.15, 0.2) is 11.5 Å². The highest BCUT2D eigenvalue weighted by Gasteiger charge is 2.21. The first kappa shape index (κ1) is 13.1. The molecule has 112 valence electrons. The predicted molar refractivity (Wildman–Crippen MR) is 79.4 cm³/mol. The standard InChI is InChI=1S/C14H14FN7/c15-11-2-1-8(5-18-11)13-20-12(16)10-7-19-22(14(10)21-13)9-3-4-17-6-9/h1-2,5,7,9,17H,3-4,6H2,(H2,16,20,21). The summed E-state index contributed by atoms with van der Waals surface area (Å²) in [7, 11) is 0. The van der Waals surface area contributed by atoms with Crippen molar-refractivity contribution in [3.05, 3.63) is 30.5 Å². The van der Waals surface area contributed by atoms with Gasteiger partial charge in [0.25, 0.3) is 0 Å². The van der Waals surface area contributed by atoms with Gasteiger partial charge in [-0.15, -0.1) is 0 Å². The Morgan fingerprint density at radius 2 is 2.18 bits per heavy atom. The van der Waals surface area contributed by atoms with E-state index >= 15 is 0 Å². The number of fused-ring (bicyclic) bond motifs is 1. The van der Waals surface area contributed by atoms with Crippen LogP contribution in [0.25, 0.3) is 22.4 Å². The first-order chi connectivity index (χ1) is 10.7. The second-order valence-electron chi connectivity index (χ2n) is 5.28. The molecule has 1 saturated heterocycles. The highest BCUT2D eigenvalue weighted by Crippen LogP contribution is 2.26. The summed E-state index contributed by atoms with van der Waals surface area (Å²) in [4.78, 5) is 12.5. The van der Waals surface area contributed by atoms with Crippen LogP contribution in [0.4, 0.5) is 10.2 Å². The maximum absolute atomic E-state index is 13.0. The van der Waals surface area contributed by atoms with Gasteiger partial charge >= 0.3 is 0 Å². The molecule has 0 saturated carbocycles. The first-order valence-corrected chi connectivity index (χ1v) is 7.06. The van der Waals surface area contributed by atoms with Gasteiger partial charge in [0.1, 0.15) is 5.82 Å². The molecule has 0 bridgehead atoms.